The van der Waals surface area contributed by atoms with Crippen molar-refractivity contribution in [3.63, 3.8) is 0 Å². The molecule has 0 amide bonds. The van der Waals surface area contributed by atoms with E-state index < -0.39 is 0 Å². The van der Waals surface area contributed by atoms with E-state index in [0.29, 0.717) is 6.42 Å². The highest BCUT2D eigenvalue weighted by atomic mass is 16.5. The summed E-state index contributed by atoms with van der Waals surface area (Å²) >= 11 is 0. The molecule has 3 aliphatic rings. The summed E-state index contributed by atoms with van der Waals surface area (Å²) in [5.41, 5.74) is 33.9. The molecule has 7 nitrogen and oxygen atoms in total. The van der Waals surface area contributed by atoms with Crippen LogP contribution in [0.5, 0.6) is 5.75 Å². The third kappa shape index (κ3) is 10.8. The maximum absolute atomic E-state index is 6.95. The van der Waals surface area contributed by atoms with E-state index in [0.717, 1.165) is 151 Å². The van der Waals surface area contributed by atoms with Crippen molar-refractivity contribution in [2.75, 3.05) is 0 Å². The van der Waals surface area contributed by atoms with Crippen LogP contribution in [0, 0.1) is 12.8 Å². The maximum Gasteiger partial charge on any atom is 0.123 e. The molecule has 0 bridgehead atoms. The predicted molar refractivity (Wildman–Crippen MR) is 387 cm³/mol. The Morgan fingerprint density at radius 3 is 2.00 bits per heavy atom. The molecule has 7 heteroatoms. The van der Waals surface area contributed by atoms with Gasteiger partial charge in [0.2, 0.25) is 0 Å². The van der Waals surface area contributed by atoms with E-state index in [2.05, 4.69) is 262 Å². The van der Waals surface area contributed by atoms with Gasteiger partial charge in [-0.15, -0.1) is 11.5 Å². The van der Waals surface area contributed by atoms with Crippen LogP contribution in [0.25, 0.3) is 118 Å². The number of rotatable bonds is 12. The molecule has 0 N–H and O–H groups in total. The molecule has 0 fully saturated rings. The Labute approximate surface area is 542 Å². The van der Waals surface area contributed by atoms with Gasteiger partial charge in [0.1, 0.15) is 11.9 Å². The van der Waals surface area contributed by atoms with Crippen LogP contribution in [0.4, 0.5) is 0 Å². The number of aryl methyl sites for hydroxylation is 1. The van der Waals surface area contributed by atoms with Crippen molar-refractivity contribution in [1.29, 1.82) is 0 Å². The molecule has 6 aromatic carbocycles. The number of ether oxygens (including phenoxy) is 1. The summed E-state index contributed by atoms with van der Waals surface area (Å²) in [5.74, 6) is 1.04. The minimum Gasteiger partial charge on any atom is -0.486 e. The molecule has 1 aliphatic heterocycles. The number of pyridine rings is 4. The van der Waals surface area contributed by atoms with Gasteiger partial charge >= 0.3 is 0 Å². The Bertz CT molecular complexity index is 5320. The molecular weight excluding hydrogens is 1130 g/mol. The number of aromatic nitrogens is 6. The van der Waals surface area contributed by atoms with E-state index >= 15 is 0 Å². The van der Waals surface area contributed by atoms with Gasteiger partial charge in [-0.05, 0) is 211 Å². The second-order valence-electron chi connectivity index (χ2n) is 24.0. The molecule has 446 valence electrons. The van der Waals surface area contributed by atoms with Crippen LogP contribution in [0.3, 0.4) is 0 Å². The highest BCUT2D eigenvalue weighted by Crippen LogP contribution is 2.45. The van der Waals surface area contributed by atoms with Crippen molar-refractivity contribution in [3.8, 4) is 45.1 Å². The summed E-state index contributed by atoms with van der Waals surface area (Å²) < 4.78 is 11.8. The molecule has 0 radical (unpaired) electrons. The van der Waals surface area contributed by atoms with Crippen LogP contribution in [-0.2, 0) is 6.42 Å². The number of hydrogen-bond acceptors (Lipinski definition) is 5. The fourth-order valence-corrected chi connectivity index (χ4v) is 13.7. The zero-order valence-corrected chi connectivity index (χ0v) is 52.6. The third-order valence-corrected chi connectivity index (χ3v) is 17.9. The molecule has 12 aromatic rings. The molecule has 6 aromatic heterocycles. The first kappa shape index (κ1) is 57.7. The molecule has 2 aliphatic carbocycles. The van der Waals surface area contributed by atoms with Gasteiger partial charge in [0.05, 0.1) is 45.0 Å². The van der Waals surface area contributed by atoms with Crippen molar-refractivity contribution >= 4 is 78.4 Å². The number of fused-ring (bicyclic) bond motifs is 7. The van der Waals surface area contributed by atoms with Crippen LogP contribution in [-0.4, -0.2) is 35.2 Å². The van der Waals surface area contributed by atoms with Crippen LogP contribution in [0.1, 0.15) is 78.2 Å². The Hall–Kier alpha value is -11.7. The van der Waals surface area contributed by atoms with Crippen molar-refractivity contribution in [1.82, 2.24) is 29.1 Å². The SMILES string of the molecule is C/C=C\C(=C(\c1ccccn1)C(C)C)c1ccc2c(c1)c1c(C)c(C3=C=CC=CC=C3c3ccccn3)ccc1n2C1=C/Cc2cc(-n3c4c(c5cc(-c6ccccc6-c6ccccn6)ccc53)C=C=C(c3ccccc3-c3ccccn3)C=C4)ccc2OC(C)/C=C\1. The fourth-order valence-electron chi connectivity index (χ4n) is 13.7. The second kappa shape index (κ2) is 24.9. The van der Waals surface area contributed by atoms with E-state index in [1.807, 2.05) is 79.4 Å². The summed E-state index contributed by atoms with van der Waals surface area (Å²) in [6.45, 7) is 11.0. The summed E-state index contributed by atoms with van der Waals surface area (Å²) in [6.07, 6.45) is 33.9. The third-order valence-electron chi connectivity index (χ3n) is 17.9. The van der Waals surface area contributed by atoms with Gasteiger partial charge in [0.15, 0.2) is 0 Å². The van der Waals surface area contributed by atoms with Gasteiger partial charge in [0.25, 0.3) is 0 Å². The summed E-state index contributed by atoms with van der Waals surface area (Å²) in [7, 11) is 0. The molecular formula is C86H66N6O. The molecule has 93 heavy (non-hydrogen) atoms. The molecule has 1 atom stereocenters. The Kier molecular flexibility index (Phi) is 15.5. The minimum absolute atomic E-state index is 0.201. The van der Waals surface area contributed by atoms with Gasteiger partial charge < -0.3 is 13.9 Å². The monoisotopic (exact) mass is 1200 g/mol. The molecule has 0 saturated heterocycles. The van der Waals surface area contributed by atoms with Crippen molar-refractivity contribution < 1.29 is 4.74 Å². The Morgan fingerprint density at radius 1 is 0.602 bits per heavy atom. The molecule has 7 heterocycles. The first-order valence-corrected chi connectivity index (χ1v) is 31.9. The fraction of sp³-hybridized carbons (Fsp3) is 0.0930. The zero-order chi connectivity index (χ0) is 62.9. The summed E-state index contributed by atoms with van der Waals surface area (Å²) in [5, 5.41) is 3.43. The van der Waals surface area contributed by atoms with Crippen LogP contribution < -0.4 is 4.74 Å². The summed E-state index contributed by atoms with van der Waals surface area (Å²) in [6, 6.07) is 66.6. The lowest BCUT2D eigenvalue weighted by Gasteiger charge is -2.17. The lowest BCUT2D eigenvalue weighted by molar-refractivity contribution is 0.268. The topological polar surface area (TPSA) is 70.7 Å². The van der Waals surface area contributed by atoms with Gasteiger partial charge in [-0.25, -0.2) is 0 Å². The Morgan fingerprint density at radius 2 is 1.28 bits per heavy atom. The quantitative estimate of drug-likeness (QED) is 0.0900. The van der Waals surface area contributed by atoms with E-state index in [-0.39, 0.29) is 12.0 Å². The van der Waals surface area contributed by atoms with Gasteiger partial charge in [-0.3, -0.25) is 19.9 Å². The lowest BCUT2D eigenvalue weighted by Crippen LogP contribution is -2.09. The van der Waals surface area contributed by atoms with Crippen molar-refractivity contribution in [2.45, 2.75) is 47.1 Å². The van der Waals surface area contributed by atoms with Crippen LogP contribution in [0.15, 0.2) is 285 Å². The lowest BCUT2D eigenvalue weighted by atomic mass is 9.88. The Balaban J connectivity index is 0.899. The van der Waals surface area contributed by atoms with Crippen LogP contribution in [0.2, 0.25) is 0 Å². The minimum atomic E-state index is -0.249. The first-order valence-electron chi connectivity index (χ1n) is 31.9. The van der Waals surface area contributed by atoms with Gasteiger partial charge in [-0.1, -0.05) is 141 Å². The summed E-state index contributed by atoms with van der Waals surface area (Å²) in [4.78, 5) is 19.3. The number of nitrogens with zero attached hydrogens (tertiary/aromatic N) is 6. The number of benzene rings is 6. The van der Waals surface area contributed by atoms with Gasteiger partial charge in [0, 0.05) is 91.3 Å². The first-order chi connectivity index (χ1) is 45.8. The zero-order valence-electron chi connectivity index (χ0n) is 52.6. The number of allylic oxidation sites excluding steroid dienone is 14. The number of hydrogen-bond donors (Lipinski definition) is 0. The van der Waals surface area contributed by atoms with E-state index in [1.54, 1.807) is 0 Å². The highest BCUT2D eigenvalue weighted by Gasteiger charge is 2.25. The van der Waals surface area contributed by atoms with E-state index in [4.69, 9.17) is 24.7 Å². The van der Waals surface area contributed by atoms with Gasteiger partial charge in [-0.2, -0.15) is 0 Å². The highest BCUT2D eigenvalue weighted by molar-refractivity contribution is 6.16. The van der Waals surface area contributed by atoms with Crippen molar-refractivity contribution in [2.24, 2.45) is 5.92 Å². The normalized spacial score (nSPS) is 15.7. The smallest absolute Gasteiger partial charge is 0.123 e. The average molecular weight is 1200 g/mol. The molecule has 0 saturated carbocycles. The van der Waals surface area contributed by atoms with E-state index in [1.165, 1.54) is 11.0 Å². The average Bonchev–Trinajstić information content (AvgIpc) is 1.63. The molecule has 1 unspecified atom stereocenters. The predicted octanol–water partition coefficient (Wildman–Crippen LogP) is 21.1. The van der Waals surface area contributed by atoms with Crippen molar-refractivity contribution in [3.05, 3.63) is 336 Å². The maximum atomic E-state index is 6.95. The molecule has 0 spiro atoms. The van der Waals surface area contributed by atoms with Crippen LogP contribution >= 0.6 is 0 Å². The molecule has 15 rings (SSSR count). The largest absolute Gasteiger partial charge is 0.486 e. The van der Waals surface area contributed by atoms with E-state index in [9.17, 15) is 0 Å². The standard InChI is InChI=1S/C86H66N6O/c1-6-22-68(85(56(2)3)79-32-17-21-52-90-79)61-38-46-82-75(55-61)86-58(5)65(69-25-8-7-9-26-72(69)78-31-16-20-51-89-78)43-47-83(86)91(82)63-39-33-57(4)93-84-48-41-64(53-62(84)34-40-63)92-80-44-36-59(66-23-10-12-27-70(66)76-29-14-18-49-87-76)35-42-73(80)74-54-60(37-45-81(74)92)67-24-11-13-28-71(67)77-30-15-19-50-88-77/h6-24,26-33,36-57H,34H2,1-5H3/b22-6-,39-33-,63-40+,85-68-. The second-order valence-corrected chi connectivity index (χ2v) is 24.0.